The van der Waals surface area contributed by atoms with E-state index < -0.39 is 0 Å². The number of nitrogens with zero attached hydrogens (tertiary/aromatic N) is 2. The summed E-state index contributed by atoms with van der Waals surface area (Å²) in [6, 6.07) is 8.38. The zero-order valence-electron chi connectivity index (χ0n) is 12.4. The number of hydrogen-bond acceptors (Lipinski definition) is 4. The van der Waals surface area contributed by atoms with Crippen LogP contribution in [0.3, 0.4) is 0 Å². The molecule has 0 aromatic heterocycles. The molecule has 2 saturated heterocycles. The number of anilines is 2. The fourth-order valence-corrected chi connectivity index (χ4v) is 2.87. The van der Waals surface area contributed by atoms with Crippen LogP contribution >= 0.6 is 0 Å². The minimum atomic E-state index is 0.141. The fourth-order valence-electron chi connectivity index (χ4n) is 2.87. The van der Waals surface area contributed by atoms with E-state index in [1.165, 1.54) is 18.5 Å². The highest BCUT2D eigenvalue weighted by molar-refractivity contribution is 5.81. The molecule has 0 radical (unpaired) electrons. The number of amides is 1. The van der Waals surface area contributed by atoms with Gasteiger partial charge in [0.25, 0.3) is 0 Å². The molecule has 2 heterocycles. The van der Waals surface area contributed by atoms with Crippen molar-refractivity contribution in [3.63, 3.8) is 0 Å². The lowest BCUT2D eigenvalue weighted by molar-refractivity contribution is -0.133. The summed E-state index contributed by atoms with van der Waals surface area (Å²) in [5.74, 6) is 0.141. The Morgan fingerprint density at radius 2 is 1.71 bits per heavy atom. The van der Waals surface area contributed by atoms with Crippen molar-refractivity contribution < 1.29 is 9.53 Å². The van der Waals surface area contributed by atoms with Gasteiger partial charge in [0.1, 0.15) is 0 Å². The van der Waals surface area contributed by atoms with Crippen LogP contribution in [0.1, 0.15) is 12.8 Å². The van der Waals surface area contributed by atoms with Gasteiger partial charge in [0.05, 0.1) is 19.8 Å². The summed E-state index contributed by atoms with van der Waals surface area (Å²) in [5, 5.41) is 3.21. The van der Waals surface area contributed by atoms with Crippen molar-refractivity contribution in [2.24, 2.45) is 0 Å². The van der Waals surface area contributed by atoms with Gasteiger partial charge in [-0.1, -0.05) is 0 Å². The summed E-state index contributed by atoms with van der Waals surface area (Å²) in [6.45, 7) is 5.36. The standard InChI is InChI=1S/C16H23N3O2/c20-16(19-9-11-21-12-10-19)13-17-14-3-5-15(6-4-14)18-7-1-2-8-18/h3-6,17H,1-2,7-13H2. The third-order valence-corrected chi connectivity index (χ3v) is 4.15. The second-order valence-corrected chi connectivity index (χ2v) is 5.59. The van der Waals surface area contributed by atoms with Gasteiger partial charge in [-0.3, -0.25) is 4.79 Å². The molecule has 0 aliphatic carbocycles. The molecule has 0 spiro atoms. The normalized spacial score (nSPS) is 18.9. The molecule has 2 aliphatic rings. The smallest absolute Gasteiger partial charge is 0.242 e. The minimum Gasteiger partial charge on any atom is -0.378 e. The van der Waals surface area contributed by atoms with Gasteiger partial charge in [-0.2, -0.15) is 0 Å². The van der Waals surface area contributed by atoms with E-state index in [9.17, 15) is 4.79 Å². The van der Waals surface area contributed by atoms with E-state index in [-0.39, 0.29) is 5.91 Å². The maximum Gasteiger partial charge on any atom is 0.242 e. The molecular formula is C16H23N3O2. The Labute approximate surface area is 125 Å². The number of nitrogens with one attached hydrogen (secondary N) is 1. The van der Waals surface area contributed by atoms with Gasteiger partial charge in [0, 0.05) is 37.6 Å². The molecule has 0 bridgehead atoms. The van der Waals surface area contributed by atoms with Crippen molar-refractivity contribution in [2.45, 2.75) is 12.8 Å². The summed E-state index contributed by atoms with van der Waals surface area (Å²) in [6.07, 6.45) is 2.57. The van der Waals surface area contributed by atoms with Gasteiger partial charge in [0.2, 0.25) is 5.91 Å². The van der Waals surface area contributed by atoms with Crippen molar-refractivity contribution >= 4 is 17.3 Å². The lowest BCUT2D eigenvalue weighted by atomic mass is 10.2. The summed E-state index contributed by atoms with van der Waals surface area (Å²) in [4.78, 5) is 16.3. The van der Waals surface area contributed by atoms with Crippen molar-refractivity contribution in [1.29, 1.82) is 0 Å². The van der Waals surface area contributed by atoms with Crippen LogP contribution in [-0.2, 0) is 9.53 Å². The minimum absolute atomic E-state index is 0.141. The maximum atomic E-state index is 12.0. The lowest BCUT2D eigenvalue weighted by Gasteiger charge is -2.27. The number of ether oxygens (including phenoxy) is 1. The molecule has 5 nitrogen and oxygen atoms in total. The average Bonchev–Trinajstić information content (AvgIpc) is 3.08. The van der Waals surface area contributed by atoms with Crippen LogP contribution in [0.4, 0.5) is 11.4 Å². The monoisotopic (exact) mass is 289 g/mol. The Balaban J connectivity index is 1.49. The number of morpholine rings is 1. The lowest BCUT2D eigenvalue weighted by Crippen LogP contribution is -2.43. The molecule has 1 N–H and O–H groups in total. The largest absolute Gasteiger partial charge is 0.378 e. The summed E-state index contributed by atoms with van der Waals surface area (Å²) < 4.78 is 5.26. The summed E-state index contributed by atoms with van der Waals surface area (Å²) in [7, 11) is 0. The molecular weight excluding hydrogens is 266 g/mol. The number of benzene rings is 1. The van der Waals surface area contributed by atoms with Crippen LogP contribution in [0.5, 0.6) is 0 Å². The molecule has 1 amide bonds. The van der Waals surface area contributed by atoms with Gasteiger partial charge >= 0.3 is 0 Å². The van der Waals surface area contributed by atoms with Crippen molar-refractivity contribution in [3.8, 4) is 0 Å². The molecule has 0 atom stereocenters. The SMILES string of the molecule is O=C(CNc1ccc(N2CCCC2)cc1)N1CCOCC1. The number of hydrogen-bond donors (Lipinski definition) is 1. The number of carbonyl (C=O) groups is 1. The van der Waals surface area contributed by atoms with Crippen LogP contribution in [0.2, 0.25) is 0 Å². The van der Waals surface area contributed by atoms with E-state index in [1.54, 1.807) is 0 Å². The molecule has 0 unspecified atom stereocenters. The molecule has 114 valence electrons. The first-order chi connectivity index (χ1) is 10.3. The van der Waals surface area contributed by atoms with Crippen LogP contribution in [0.25, 0.3) is 0 Å². The zero-order chi connectivity index (χ0) is 14.5. The Bertz CT molecular complexity index is 463. The van der Waals surface area contributed by atoms with E-state index in [1.807, 2.05) is 4.90 Å². The van der Waals surface area contributed by atoms with Crippen molar-refractivity contribution in [1.82, 2.24) is 4.90 Å². The Kier molecular flexibility index (Phi) is 4.60. The van der Waals surface area contributed by atoms with Gasteiger partial charge in [-0.15, -0.1) is 0 Å². The predicted molar refractivity (Wildman–Crippen MR) is 83.8 cm³/mol. The van der Waals surface area contributed by atoms with E-state index in [0.29, 0.717) is 32.8 Å². The van der Waals surface area contributed by atoms with Crippen molar-refractivity contribution in [3.05, 3.63) is 24.3 Å². The Hall–Kier alpha value is -1.75. The summed E-state index contributed by atoms with van der Waals surface area (Å²) in [5.41, 5.74) is 2.28. The Morgan fingerprint density at radius 3 is 2.38 bits per heavy atom. The highest BCUT2D eigenvalue weighted by Gasteiger charge is 2.16. The molecule has 2 fully saturated rings. The number of rotatable bonds is 4. The summed E-state index contributed by atoms with van der Waals surface area (Å²) >= 11 is 0. The van der Waals surface area contributed by atoms with Gasteiger partial charge < -0.3 is 19.9 Å². The van der Waals surface area contributed by atoms with E-state index in [4.69, 9.17) is 4.74 Å². The van der Waals surface area contributed by atoms with Crippen LogP contribution in [0.15, 0.2) is 24.3 Å². The molecule has 3 rings (SSSR count). The highest BCUT2D eigenvalue weighted by atomic mass is 16.5. The Morgan fingerprint density at radius 1 is 1.05 bits per heavy atom. The third-order valence-electron chi connectivity index (χ3n) is 4.15. The fraction of sp³-hybridized carbons (Fsp3) is 0.562. The topological polar surface area (TPSA) is 44.8 Å². The quantitative estimate of drug-likeness (QED) is 0.913. The molecule has 2 aliphatic heterocycles. The van der Waals surface area contributed by atoms with Gasteiger partial charge in [-0.25, -0.2) is 0 Å². The highest BCUT2D eigenvalue weighted by Crippen LogP contribution is 2.21. The van der Waals surface area contributed by atoms with Crippen LogP contribution < -0.4 is 10.2 Å². The van der Waals surface area contributed by atoms with E-state index >= 15 is 0 Å². The third kappa shape index (κ3) is 3.67. The molecule has 21 heavy (non-hydrogen) atoms. The van der Waals surface area contributed by atoms with Gasteiger partial charge in [0.15, 0.2) is 0 Å². The first kappa shape index (κ1) is 14.2. The maximum absolute atomic E-state index is 12.0. The second-order valence-electron chi connectivity index (χ2n) is 5.59. The average molecular weight is 289 g/mol. The molecule has 1 aromatic rings. The van der Waals surface area contributed by atoms with Crippen molar-refractivity contribution in [2.75, 3.05) is 56.2 Å². The predicted octanol–water partition coefficient (Wildman–Crippen LogP) is 1.56. The number of carbonyl (C=O) groups excluding carboxylic acids is 1. The first-order valence-corrected chi connectivity index (χ1v) is 7.77. The van der Waals surface area contributed by atoms with Crippen LogP contribution in [0, 0.1) is 0 Å². The zero-order valence-corrected chi connectivity index (χ0v) is 12.4. The molecule has 1 aromatic carbocycles. The van der Waals surface area contributed by atoms with E-state index in [2.05, 4.69) is 34.5 Å². The molecule has 5 heteroatoms. The van der Waals surface area contributed by atoms with Crippen LogP contribution in [-0.4, -0.2) is 56.7 Å². The second kappa shape index (κ2) is 6.80. The van der Waals surface area contributed by atoms with E-state index in [0.717, 1.165) is 18.8 Å². The molecule has 0 saturated carbocycles. The first-order valence-electron chi connectivity index (χ1n) is 7.77. The van der Waals surface area contributed by atoms with Gasteiger partial charge in [-0.05, 0) is 37.1 Å².